The maximum Gasteiger partial charge on any atom is 0.355 e. The number of aryl methyl sites for hydroxylation is 1. The number of carbonyl (C=O) groups is 2. The van der Waals surface area contributed by atoms with Gasteiger partial charge in [-0.3, -0.25) is 4.79 Å². The van der Waals surface area contributed by atoms with E-state index >= 15 is 0 Å². The van der Waals surface area contributed by atoms with E-state index in [2.05, 4.69) is 43.1 Å². The van der Waals surface area contributed by atoms with Crippen LogP contribution in [0, 0.1) is 0 Å². The van der Waals surface area contributed by atoms with Gasteiger partial charge in [-0.2, -0.15) is 0 Å². The zero-order valence-electron chi connectivity index (χ0n) is 15.9. The lowest BCUT2D eigenvalue weighted by molar-refractivity contribution is 0.0518. The number of Topliss-reactive ketones (excluding diaryl/α,β-unsaturated/α-hetero) is 1. The third kappa shape index (κ3) is 3.46. The van der Waals surface area contributed by atoms with E-state index in [1.54, 1.807) is 6.92 Å². The first-order chi connectivity index (χ1) is 12.6. The summed E-state index contributed by atoms with van der Waals surface area (Å²) in [7, 11) is 0. The van der Waals surface area contributed by atoms with Crippen LogP contribution in [0.15, 0.2) is 24.3 Å². The van der Waals surface area contributed by atoms with Crippen LogP contribution < -0.4 is 0 Å². The van der Waals surface area contributed by atoms with Crippen molar-refractivity contribution in [2.75, 3.05) is 6.61 Å². The summed E-state index contributed by atoms with van der Waals surface area (Å²) in [6.07, 6.45) is 3.85. The van der Waals surface area contributed by atoms with Crippen LogP contribution in [0.3, 0.4) is 0 Å². The van der Waals surface area contributed by atoms with Crippen LogP contribution in [0.25, 0.3) is 0 Å². The Hall–Kier alpha value is -2.36. The first-order valence-electron chi connectivity index (χ1n) is 9.61. The third-order valence-electron chi connectivity index (χ3n) is 5.18. The van der Waals surface area contributed by atoms with Crippen molar-refractivity contribution in [3.8, 4) is 0 Å². The molecule has 1 aromatic carbocycles. The molecule has 0 fully saturated rings. The second kappa shape index (κ2) is 7.90. The van der Waals surface area contributed by atoms with Gasteiger partial charge in [-0.25, -0.2) is 4.79 Å². The van der Waals surface area contributed by atoms with E-state index in [0.717, 1.165) is 36.1 Å². The van der Waals surface area contributed by atoms with Crippen LogP contribution >= 0.6 is 0 Å². The number of ether oxygens (including phenoxy) is 1. The van der Waals surface area contributed by atoms with Crippen LogP contribution in [-0.4, -0.2) is 23.3 Å². The molecule has 1 unspecified atom stereocenters. The van der Waals surface area contributed by atoms with Crippen molar-refractivity contribution in [1.29, 1.82) is 0 Å². The number of H-pyrrole nitrogens is 1. The maximum absolute atomic E-state index is 12.9. The maximum atomic E-state index is 12.9. The molecule has 0 bridgehead atoms. The minimum atomic E-state index is -0.359. The van der Waals surface area contributed by atoms with Crippen molar-refractivity contribution in [3.05, 3.63) is 57.9 Å². The number of carbonyl (C=O) groups excluding carboxylic acids is 2. The average Bonchev–Trinajstić information content (AvgIpc) is 3.01. The summed E-state index contributed by atoms with van der Waals surface area (Å²) in [6.45, 7) is 6.31. The molecule has 4 heteroatoms. The van der Waals surface area contributed by atoms with Crippen molar-refractivity contribution in [1.82, 2.24) is 4.98 Å². The second-order valence-corrected chi connectivity index (χ2v) is 6.93. The second-order valence-electron chi connectivity index (χ2n) is 6.93. The predicted molar refractivity (Wildman–Crippen MR) is 102 cm³/mol. The highest BCUT2D eigenvalue weighted by Crippen LogP contribution is 2.36. The number of nitrogens with one attached hydrogen (secondary N) is 1. The Morgan fingerprint density at radius 1 is 1.15 bits per heavy atom. The van der Waals surface area contributed by atoms with E-state index in [1.807, 2.05) is 0 Å². The normalized spacial score (nSPS) is 16.4. The average molecular weight is 353 g/mol. The number of ketones is 1. The number of rotatable bonds is 6. The van der Waals surface area contributed by atoms with Crippen molar-refractivity contribution < 1.29 is 14.3 Å². The number of benzene rings is 1. The fourth-order valence-electron chi connectivity index (χ4n) is 3.87. The lowest BCUT2D eigenvalue weighted by Crippen LogP contribution is -2.19. The number of hydrogen-bond donors (Lipinski definition) is 1. The zero-order chi connectivity index (χ0) is 18.7. The largest absolute Gasteiger partial charge is 0.461 e. The van der Waals surface area contributed by atoms with Crippen molar-refractivity contribution in [2.24, 2.45) is 0 Å². The summed E-state index contributed by atoms with van der Waals surface area (Å²) in [5, 5.41) is 0. The quantitative estimate of drug-likeness (QED) is 0.771. The van der Waals surface area contributed by atoms with Crippen LogP contribution in [0.5, 0.6) is 0 Å². The first kappa shape index (κ1) is 18.4. The summed E-state index contributed by atoms with van der Waals surface area (Å²) in [6, 6.07) is 8.53. The van der Waals surface area contributed by atoms with Crippen molar-refractivity contribution >= 4 is 11.8 Å². The third-order valence-corrected chi connectivity index (χ3v) is 5.18. The summed E-state index contributed by atoms with van der Waals surface area (Å²) >= 11 is 0. The zero-order valence-corrected chi connectivity index (χ0v) is 15.9. The molecule has 4 nitrogen and oxygen atoms in total. The lowest BCUT2D eigenvalue weighted by Gasteiger charge is -2.22. The number of esters is 1. The molecule has 138 valence electrons. The van der Waals surface area contributed by atoms with E-state index in [-0.39, 0.29) is 17.7 Å². The van der Waals surface area contributed by atoms with Gasteiger partial charge in [0.25, 0.3) is 0 Å². The Kier molecular flexibility index (Phi) is 5.60. The SMILES string of the molecule is CCCc1c(C(=O)OCC)[nH]c2c1C(=O)CC(c1ccc(CC)cc1)C2. The van der Waals surface area contributed by atoms with Gasteiger partial charge in [0, 0.05) is 17.7 Å². The van der Waals surface area contributed by atoms with Gasteiger partial charge in [0.2, 0.25) is 0 Å². The standard InChI is InChI=1S/C22H27NO3/c1-4-7-17-20-18(23-21(17)22(25)26-6-3)12-16(13-19(20)24)15-10-8-14(5-2)9-11-15/h8-11,16,23H,4-7,12-13H2,1-3H3. The van der Waals surface area contributed by atoms with Crippen LogP contribution in [0.2, 0.25) is 0 Å². The van der Waals surface area contributed by atoms with Gasteiger partial charge in [0.1, 0.15) is 5.69 Å². The minimum absolute atomic E-state index is 0.131. The summed E-state index contributed by atoms with van der Waals surface area (Å²) < 4.78 is 5.18. The van der Waals surface area contributed by atoms with Gasteiger partial charge >= 0.3 is 5.97 Å². The van der Waals surface area contributed by atoms with Crippen LogP contribution in [0.1, 0.15) is 82.8 Å². The summed E-state index contributed by atoms with van der Waals surface area (Å²) in [4.78, 5) is 28.5. The molecule has 1 N–H and O–H groups in total. The fraction of sp³-hybridized carbons (Fsp3) is 0.455. The van der Waals surface area contributed by atoms with Crippen molar-refractivity contribution in [2.45, 2.75) is 58.8 Å². The molecule has 1 atom stereocenters. The Labute approximate surface area is 155 Å². The Morgan fingerprint density at radius 3 is 2.50 bits per heavy atom. The first-order valence-corrected chi connectivity index (χ1v) is 9.61. The minimum Gasteiger partial charge on any atom is -0.461 e. The lowest BCUT2D eigenvalue weighted by atomic mass is 9.80. The monoisotopic (exact) mass is 353 g/mol. The molecule has 26 heavy (non-hydrogen) atoms. The fourth-order valence-corrected chi connectivity index (χ4v) is 3.87. The molecule has 0 spiro atoms. The summed E-state index contributed by atoms with van der Waals surface area (Å²) in [5.41, 5.74) is 5.41. The van der Waals surface area contributed by atoms with Crippen LogP contribution in [-0.2, 0) is 24.0 Å². The van der Waals surface area contributed by atoms with Crippen molar-refractivity contribution in [3.63, 3.8) is 0 Å². The molecule has 1 aliphatic carbocycles. The van der Waals surface area contributed by atoms with Gasteiger partial charge in [0.15, 0.2) is 5.78 Å². The molecule has 0 aliphatic heterocycles. The predicted octanol–water partition coefficient (Wildman–Crippen LogP) is 4.62. The molecule has 2 aromatic rings. The molecular weight excluding hydrogens is 326 g/mol. The van der Waals surface area contributed by atoms with Gasteiger partial charge in [-0.15, -0.1) is 0 Å². The number of hydrogen-bond acceptors (Lipinski definition) is 3. The van der Waals surface area contributed by atoms with E-state index in [1.165, 1.54) is 11.1 Å². The van der Waals surface area contributed by atoms with E-state index < -0.39 is 0 Å². The molecule has 0 saturated heterocycles. The molecule has 1 aromatic heterocycles. The molecule has 0 amide bonds. The topological polar surface area (TPSA) is 59.2 Å². The molecular formula is C22H27NO3. The highest BCUT2D eigenvalue weighted by Gasteiger charge is 2.33. The van der Waals surface area contributed by atoms with Gasteiger partial charge in [-0.1, -0.05) is 44.5 Å². The van der Waals surface area contributed by atoms with Gasteiger partial charge < -0.3 is 9.72 Å². The Balaban J connectivity index is 1.95. The molecule has 1 aliphatic rings. The molecule has 0 saturated carbocycles. The van der Waals surface area contributed by atoms with E-state index in [0.29, 0.717) is 25.1 Å². The van der Waals surface area contributed by atoms with E-state index in [9.17, 15) is 9.59 Å². The Morgan fingerprint density at radius 2 is 1.88 bits per heavy atom. The molecule has 1 heterocycles. The number of fused-ring (bicyclic) bond motifs is 1. The van der Waals surface area contributed by atoms with Gasteiger partial charge in [0.05, 0.1) is 6.61 Å². The highest BCUT2D eigenvalue weighted by atomic mass is 16.5. The van der Waals surface area contributed by atoms with E-state index in [4.69, 9.17) is 4.74 Å². The molecule has 3 rings (SSSR count). The molecule has 0 radical (unpaired) electrons. The smallest absolute Gasteiger partial charge is 0.355 e. The highest BCUT2D eigenvalue weighted by molar-refractivity contribution is 6.03. The van der Waals surface area contributed by atoms with Crippen LogP contribution in [0.4, 0.5) is 0 Å². The number of aromatic amines is 1. The van der Waals surface area contributed by atoms with Gasteiger partial charge in [-0.05, 0) is 48.8 Å². The summed E-state index contributed by atoms with van der Waals surface area (Å²) in [5.74, 6) is -0.0721. The Bertz CT molecular complexity index is 802. The number of aromatic nitrogens is 1.